The number of likely N-dealkylation sites (N-methyl/N-ethyl adjacent to an activating group) is 1. The molecule has 3 aromatic rings. The molecule has 0 fully saturated rings. The predicted octanol–water partition coefficient (Wildman–Crippen LogP) is 3.94. The van der Waals surface area contributed by atoms with Crippen molar-refractivity contribution in [3.63, 3.8) is 0 Å². The van der Waals surface area contributed by atoms with E-state index < -0.39 is 0 Å². The van der Waals surface area contributed by atoms with Crippen molar-refractivity contribution in [2.45, 2.75) is 0 Å². The number of hydrogen-bond acceptors (Lipinski definition) is 5. The molecule has 0 aliphatic heterocycles. The largest absolute Gasteiger partial charge is 0.497 e. The fourth-order valence-corrected chi connectivity index (χ4v) is 3.43. The van der Waals surface area contributed by atoms with Gasteiger partial charge in [-0.2, -0.15) is 0 Å². The van der Waals surface area contributed by atoms with Crippen LogP contribution in [0.5, 0.6) is 5.75 Å². The summed E-state index contributed by atoms with van der Waals surface area (Å²) in [7, 11) is 5.62. The van der Waals surface area contributed by atoms with Gasteiger partial charge in [0.05, 0.1) is 17.3 Å². The standard InChI is InChI=1S/C19H21N3O2S.ClH/c1-21(2)11-12-22(18(23)14-7-5-4-6-8-14)19-20-16-13-15(24-3)9-10-17(16)25-19;/h4-10,13H,11-12H2,1-3H3;1H. The van der Waals surface area contributed by atoms with Gasteiger partial charge in [-0.05, 0) is 38.4 Å². The van der Waals surface area contributed by atoms with Gasteiger partial charge in [-0.25, -0.2) is 4.98 Å². The molecular formula is C19H22ClN3O2S. The second kappa shape index (κ2) is 8.98. The first kappa shape index (κ1) is 20.2. The highest BCUT2D eigenvalue weighted by Crippen LogP contribution is 2.31. The zero-order valence-electron chi connectivity index (χ0n) is 15.0. The lowest BCUT2D eigenvalue weighted by atomic mass is 10.2. The van der Waals surface area contributed by atoms with Crippen molar-refractivity contribution in [1.29, 1.82) is 0 Å². The number of hydrogen-bond donors (Lipinski definition) is 0. The maximum absolute atomic E-state index is 13.0. The van der Waals surface area contributed by atoms with E-state index in [4.69, 9.17) is 4.74 Å². The van der Waals surface area contributed by atoms with E-state index in [2.05, 4.69) is 9.88 Å². The molecule has 1 aromatic heterocycles. The highest BCUT2D eigenvalue weighted by Gasteiger charge is 2.21. The van der Waals surface area contributed by atoms with Crippen molar-refractivity contribution >= 4 is 45.0 Å². The number of fused-ring (bicyclic) bond motifs is 1. The topological polar surface area (TPSA) is 45.7 Å². The number of carbonyl (C=O) groups is 1. The number of benzene rings is 2. The lowest BCUT2D eigenvalue weighted by Gasteiger charge is -2.22. The first-order chi connectivity index (χ1) is 12.1. The Labute approximate surface area is 163 Å². The molecule has 0 radical (unpaired) electrons. The van der Waals surface area contributed by atoms with Gasteiger partial charge in [0.2, 0.25) is 0 Å². The molecule has 0 spiro atoms. The summed E-state index contributed by atoms with van der Waals surface area (Å²) < 4.78 is 6.30. The molecule has 0 aliphatic carbocycles. The zero-order valence-corrected chi connectivity index (χ0v) is 16.6. The number of aromatic nitrogens is 1. The van der Waals surface area contributed by atoms with Crippen molar-refractivity contribution in [2.75, 3.05) is 39.2 Å². The first-order valence-corrected chi connectivity index (χ1v) is 8.86. The summed E-state index contributed by atoms with van der Waals surface area (Å²) in [5.41, 5.74) is 1.51. The minimum atomic E-state index is -0.0338. The predicted molar refractivity (Wildman–Crippen MR) is 110 cm³/mol. The summed E-state index contributed by atoms with van der Waals surface area (Å²) in [5.74, 6) is 0.729. The molecule has 1 amide bonds. The highest BCUT2D eigenvalue weighted by molar-refractivity contribution is 7.22. The van der Waals surface area contributed by atoms with Gasteiger partial charge in [0.1, 0.15) is 5.75 Å². The van der Waals surface area contributed by atoms with E-state index in [1.54, 1.807) is 12.0 Å². The summed E-state index contributed by atoms with van der Waals surface area (Å²) in [5, 5.41) is 0.707. The molecule has 1 heterocycles. The second-order valence-corrected chi connectivity index (χ2v) is 6.97. The molecule has 3 rings (SSSR count). The van der Waals surface area contributed by atoms with Crippen molar-refractivity contribution in [2.24, 2.45) is 0 Å². The molecule has 0 unspecified atom stereocenters. The van der Waals surface area contributed by atoms with Crippen LogP contribution >= 0.6 is 23.7 Å². The summed E-state index contributed by atoms with van der Waals surface area (Å²) >= 11 is 1.52. The molecule has 26 heavy (non-hydrogen) atoms. The van der Waals surface area contributed by atoms with E-state index in [-0.39, 0.29) is 18.3 Å². The molecule has 0 bridgehead atoms. The molecule has 0 atom stereocenters. The Balaban J connectivity index is 0.00000243. The van der Waals surface area contributed by atoms with Crippen molar-refractivity contribution in [3.05, 3.63) is 54.1 Å². The Bertz CT molecular complexity index is 868. The number of amides is 1. The SMILES string of the molecule is COc1ccc2sc(N(CCN(C)C)C(=O)c3ccccc3)nc2c1.Cl. The minimum absolute atomic E-state index is 0. The maximum Gasteiger partial charge on any atom is 0.260 e. The van der Waals surface area contributed by atoms with Crippen LogP contribution in [0.15, 0.2) is 48.5 Å². The van der Waals surface area contributed by atoms with E-state index in [0.29, 0.717) is 17.2 Å². The molecule has 0 saturated carbocycles. The Kier molecular flexibility index (Phi) is 6.97. The smallest absolute Gasteiger partial charge is 0.260 e. The van der Waals surface area contributed by atoms with Crippen LogP contribution < -0.4 is 9.64 Å². The number of ether oxygens (including phenoxy) is 1. The van der Waals surface area contributed by atoms with Crippen molar-refractivity contribution in [1.82, 2.24) is 9.88 Å². The molecule has 5 nitrogen and oxygen atoms in total. The Hall–Kier alpha value is -2.15. The third kappa shape index (κ3) is 4.52. The minimum Gasteiger partial charge on any atom is -0.497 e. The summed E-state index contributed by atoms with van der Waals surface area (Å²) in [6.07, 6.45) is 0. The second-order valence-electron chi connectivity index (χ2n) is 5.96. The highest BCUT2D eigenvalue weighted by atomic mass is 35.5. The lowest BCUT2D eigenvalue weighted by molar-refractivity contribution is 0.0985. The number of thiazole rings is 1. The summed E-state index contributed by atoms with van der Waals surface area (Å²) in [6, 6.07) is 15.1. The monoisotopic (exact) mass is 391 g/mol. The molecule has 7 heteroatoms. The molecule has 0 aliphatic rings. The van der Waals surface area contributed by atoms with E-state index >= 15 is 0 Å². The van der Waals surface area contributed by atoms with Crippen LogP contribution in [-0.2, 0) is 0 Å². The molecule has 2 aromatic carbocycles. The number of nitrogens with zero attached hydrogens (tertiary/aromatic N) is 3. The van der Waals surface area contributed by atoms with Crippen LogP contribution in [0.25, 0.3) is 10.2 Å². The number of halogens is 1. The van der Waals surface area contributed by atoms with Gasteiger partial charge in [0.15, 0.2) is 5.13 Å². The molecule has 138 valence electrons. The van der Waals surface area contributed by atoms with Gasteiger partial charge >= 0.3 is 0 Å². The lowest BCUT2D eigenvalue weighted by Crippen LogP contribution is -2.36. The zero-order chi connectivity index (χ0) is 17.8. The quantitative estimate of drug-likeness (QED) is 0.638. The molecule has 0 saturated heterocycles. The van der Waals surface area contributed by atoms with Crippen LogP contribution in [0.2, 0.25) is 0 Å². The average molecular weight is 392 g/mol. The van der Waals surface area contributed by atoms with E-state index in [1.165, 1.54) is 11.3 Å². The van der Waals surface area contributed by atoms with Crippen molar-refractivity contribution in [3.8, 4) is 5.75 Å². The van der Waals surface area contributed by atoms with Gasteiger partial charge in [0.25, 0.3) is 5.91 Å². The van der Waals surface area contributed by atoms with Crippen LogP contribution in [-0.4, -0.2) is 50.1 Å². The van der Waals surface area contributed by atoms with Crippen LogP contribution in [0.3, 0.4) is 0 Å². The van der Waals surface area contributed by atoms with Gasteiger partial charge in [-0.3, -0.25) is 9.69 Å². The van der Waals surface area contributed by atoms with Gasteiger partial charge in [-0.1, -0.05) is 29.5 Å². The number of methoxy groups -OCH3 is 1. The fourth-order valence-electron chi connectivity index (χ4n) is 2.46. The van der Waals surface area contributed by atoms with Gasteiger partial charge < -0.3 is 9.64 Å². The van der Waals surface area contributed by atoms with Crippen LogP contribution in [0, 0.1) is 0 Å². The number of rotatable bonds is 6. The fraction of sp³-hybridized carbons (Fsp3) is 0.263. The third-order valence-corrected chi connectivity index (χ3v) is 4.91. The Morgan fingerprint density at radius 3 is 2.50 bits per heavy atom. The van der Waals surface area contributed by atoms with Gasteiger partial charge in [0, 0.05) is 24.7 Å². The summed E-state index contributed by atoms with van der Waals surface area (Å²) in [4.78, 5) is 21.5. The Morgan fingerprint density at radius 1 is 1.12 bits per heavy atom. The third-order valence-electron chi connectivity index (χ3n) is 3.85. The molecule has 0 N–H and O–H groups in total. The van der Waals surface area contributed by atoms with E-state index in [9.17, 15) is 4.79 Å². The summed E-state index contributed by atoms with van der Waals surface area (Å²) in [6.45, 7) is 1.34. The van der Waals surface area contributed by atoms with Crippen molar-refractivity contribution < 1.29 is 9.53 Å². The Morgan fingerprint density at radius 2 is 1.85 bits per heavy atom. The first-order valence-electron chi connectivity index (χ1n) is 8.04. The number of carbonyl (C=O) groups excluding carboxylic acids is 1. The van der Waals surface area contributed by atoms with Crippen LogP contribution in [0.1, 0.15) is 10.4 Å². The van der Waals surface area contributed by atoms with Gasteiger partial charge in [-0.15, -0.1) is 12.4 Å². The van der Waals surface area contributed by atoms with E-state index in [0.717, 1.165) is 22.5 Å². The average Bonchev–Trinajstić information content (AvgIpc) is 3.04. The number of anilines is 1. The molecular weight excluding hydrogens is 370 g/mol. The van der Waals surface area contributed by atoms with E-state index in [1.807, 2.05) is 62.6 Å². The van der Waals surface area contributed by atoms with Crippen LogP contribution in [0.4, 0.5) is 5.13 Å². The maximum atomic E-state index is 13.0. The normalized spacial score (nSPS) is 10.6.